The molecule has 0 aliphatic heterocycles. The van der Waals surface area contributed by atoms with E-state index in [4.69, 9.17) is 4.74 Å². The van der Waals surface area contributed by atoms with Gasteiger partial charge in [-0.25, -0.2) is 4.39 Å². The molecular weight excluding hydrogens is 209 g/mol. The Morgan fingerprint density at radius 3 is 2.75 bits per heavy atom. The maximum atomic E-state index is 13.0. The van der Waals surface area contributed by atoms with Gasteiger partial charge in [0.05, 0.1) is 7.11 Å². The second kappa shape index (κ2) is 5.49. The predicted octanol–water partition coefficient (Wildman–Crippen LogP) is 1.86. The highest BCUT2D eigenvalue weighted by Crippen LogP contribution is 2.19. The van der Waals surface area contributed by atoms with E-state index in [-0.39, 0.29) is 11.7 Å². The SMILES string of the molecule is COc1ccc(F)cc1CCN(C)C(C)=O. The van der Waals surface area contributed by atoms with E-state index in [1.165, 1.54) is 19.1 Å². The van der Waals surface area contributed by atoms with Crippen LogP contribution in [0.15, 0.2) is 18.2 Å². The number of benzene rings is 1. The largest absolute Gasteiger partial charge is 0.496 e. The Labute approximate surface area is 94.8 Å². The molecular formula is C12H16FNO2. The normalized spacial score (nSPS) is 10.0. The van der Waals surface area contributed by atoms with Crippen LogP contribution < -0.4 is 4.74 Å². The minimum absolute atomic E-state index is 0.00429. The van der Waals surface area contributed by atoms with Crippen LogP contribution in [0.25, 0.3) is 0 Å². The summed E-state index contributed by atoms with van der Waals surface area (Å²) in [6.45, 7) is 2.05. The number of carbonyl (C=O) groups excluding carboxylic acids is 1. The molecule has 0 N–H and O–H groups in total. The number of nitrogens with zero attached hydrogens (tertiary/aromatic N) is 1. The number of likely N-dealkylation sites (N-methyl/N-ethyl adjacent to an activating group) is 1. The highest BCUT2D eigenvalue weighted by atomic mass is 19.1. The van der Waals surface area contributed by atoms with Crippen LogP contribution in [0.3, 0.4) is 0 Å². The van der Waals surface area contributed by atoms with Gasteiger partial charge in [-0.15, -0.1) is 0 Å². The van der Waals surface area contributed by atoms with E-state index in [1.807, 2.05) is 0 Å². The minimum Gasteiger partial charge on any atom is -0.496 e. The maximum Gasteiger partial charge on any atom is 0.219 e. The fourth-order valence-electron chi connectivity index (χ4n) is 1.39. The van der Waals surface area contributed by atoms with E-state index in [0.29, 0.717) is 18.7 Å². The molecule has 0 spiro atoms. The lowest BCUT2D eigenvalue weighted by atomic mass is 10.1. The van der Waals surface area contributed by atoms with Crippen molar-refractivity contribution in [3.63, 3.8) is 0 Å². The van der Waals surface area contributed by atoms with Gasteiger partial charge in [-0.2, -0.15) is 0 Å². The van der Waals surface area contributed by atoms with Gasteiger partial charge < -0.3 is 9.64 Å². The van der Waals surface area contributed by atoms with Gasteiger partial charge in [-0.1, -0.05) is 0 Å². The van der Waals surface area contributed by atoms with Crippen molar-refractivity contribution in [2.24, 2.45) is 0 Å². The van der Waals surface area contributed by atoms with Crippen LogP contribution in [0.4, 0.5) is 4.39 Å². The second-order valence-electron chi connectivity index (χ2n) is 3.65. The fourth-order valence-corrected chi connectivity index (χ4v) is 1.39. The zero-order valence-corrected chi connectivity index (χ0v) is 9.79. The molecule has 1 amide bonds. The molecule has 16 heavy (non-hydrogen) atoms. The van der Waals surface area contributed by atoms with Crippen molar-refractivity contribution in [2.75, 3.05) is 20.7 Å². The Morgan fingerprint density at radius 2 is 2.19 bits per heavy atom. The Kier molecular flexibility index (Phi) is 4.28. The number of amides is 1. The molecule has 0 aliphatic carbocycles. The zero-order chi connectivity index (χ0) is 12.1. The van der Waals surface area contributed by atoms with E-state index in [1.54, 1.807) is 25.1 Å². The van der Waals surface area contributed by atoms with Crippen molar-refractivity contribution < 1.29 is 13.9 Å². The molecule has 3 nitrogen and oxygen atoms in total. The maximum absolute atomic E-state index is 13.0. The summed E-state index contributed by atoms with van der Waals surface area (Å²) in [6.07, 6.45) is 0.580. The van der Waals surface area contributed by atoms with Crippen LogP contribution in [0.5, 0.6) is 5.75 Å². The monoisotopic (exact) mass is 225 g/mol. The summed E-state index contributed by atoms with van der Waals surface area (Å²) in [7, 11) is 3.26. The van der Waals surface area contributed by atoms with Crippen molar-refractivity contribution >= 4 is 5.91 Å². The Morgan fingerprint density at radius 1 is 1.50 bits per heavy atom. The average Bonchev–Trinajstić information content (AvgIpc) is 2.25. The number of carbonyl (C=O) groups is 1. The van der Waals surface area contributed by atoms with Gasteiger partial charge >= 0.3 is 0 Å². The van der Waals surface area contributed by atoms with E-state index in [2.05, 4.69) is 0 Å². The van der Waals surface area contributed by atoms with Gasteiger partial charge in [0.1, 0.15) is 11.6 Å². The van der Waals surface area contributed by atoms with Crippen LogP contribution in [-0.4, -0.2) is 31.5 Å². The molecule has 0 atom stereocenters. The number of ether oxygens (including phenoxy) is 1. The summed E-state index contributed by atoms with van der Waals surface area (Å²) >= 11 is 0. The highest BCUT2D eigenvalue weighted by Gasteiger charge is 2.07. The standard InChI is InChI=1S/C12H16FNO2/c1-9(15)14(2)7-6-10-8-11(13)4-5-12(10)16-3/h4-5,8H,6-7H2,1-3H3. The molecule has 0 radical (unpaired) electrons. The summed E-state index contributed by atoms with van der Waals surface area (Å²) in [5.74, 6) is 0.356. The summed E-state index contributed by atoms with van der Waals surface area (Å²) in [4.78, 5) is 12.6. The van der Waals surface area contributed by atoms with Crippen molar-refractivity contribution in [3.05, 3.63) is 29.6 Å². The highest BCUT2D eigenvalue weighted by molar-refractivity contribution is 5.72. The molecule has 0 unspecified atom stereocenters. The van der Waals surface area contributed by atoms with E-state index < -0.39 is 0 Å². The zero-order valence-electron chi connectivity index (χ0n) is 9.79. The topological polar surface area (TPSA) is 29.5 Å². The number of hydrogen-bond donors (Lipinski definition) is 0. The van der Waals surface area contributed by atoms with Gasteiger partial charge in [0.15, 0.2) is 0 Å². The van der Waals surface area contributed by atoms with E-state index in [0.717, 1.165) is 5.56 Å². The molecule has 1 aromatic carbocycles. The third kappa shape index (κ3) is 3.22. The lowest BCUT2D eigenvalue weighted by Crippen LogP contribution is -2.26. The first-order valence-corrected chi connectivity index (χ1v) is 5.08. The molecule has 88 valence electrons. The van der Waals surface area contributed by atoms with Crippen LogP contribution in [0.2, 0.25) is 0 Å². The molecule has 1 aromatic rings. The Balaban J connectivity index is 2.72. The molecule has 0 aromatic heterocycles. The molecule has 0 fully saturated rings. The molecule has 0 aliphatic rings. The Bertz CT molecular complexity index is 379. The van der Waals surface area contributed by atoms with Crippen molar-refractivity contribution in [1.82, 2.24) is 4.90 Å². The smallest absolute Gasteiger partial charge is 0.219 e. The van der Waals surface area contributed by atoms with Crippen LogP contribution in [0, 0.1) is 5.82 Å². The molecule has 0 heterocycles. The summed E-state index contributed by atoms with van der Waals surface area (Å²) in [5.41, 5.74) is 0.774. The molecule has 0 bridgehead atoms. The van der Waals surface area contributed by atoms with Crippen molar-refractivity contribution in [2.45, 2.75) is 13.3 Å². The third-order valence-corrected chi connectivity index (χ3v) is 2.50. The average molecular weight is 225 g/mol. The van der Waals surface area contributed by atoms with Gasteiger partial charge in [0, 0.05) is 20.5 Å². The van der Waals surface area contributed by atoms with Gasteiger partial charge in [0.2, 0.25) is 5.91 Å². The van der Waals surface area contributed by atoms with Crippen LogP contribution in [-0.2, 0) is 11.2 Å². The lowest BCUT2D eigenvalue weighted by molar-refractivity contribution is -0.127. The first-order chi connectivity index (χ1) is 7.54. The number of halogens is 1. The first kappa shape index (κ1) is 12.5. The number of rotatable bonds is 4. The number of hydrogen-bond acceptors (Lipinski definition) is 2. The molecule has 0 saturated heterocycles. The summed E-state index contributed by atoms with van der Waals surface area (Å²) in [5, 5.41) is 0. The fraction of sp³-hybridized carbons (Fsp3) is 0.417. The minimum atomic E-state index is -0.290. The van der Waals surface area contributed by atoms with Gasteiger partial charge in [-0.05, 0) is 30.2 Å². The molecule has 0 saturated carbocycles. The van der Waals surface area contributed by atoms with Gasteiger partial charge in [-0.3, -0.25) is 4.79 Å². The molecule has 1 rings (SSSR count). The van der Waals surface area contributed by atoms with E-state index >= 15 is 0 Å². The lowest BCUT2D eigenvalue weighted by Gasteiger charge is -2.15. The first-order valence-electron chi connectivity index (χ1n) is 5.08. The second-order valence-corrected chi connectivity index (χ2v) is 3.65. The number of methoxy groups -OCH3 is 1. The van der Waals surface area contributed by atoms with Crippen molar-refractivity contribution in [1.29, 1.82) is 0 Å². The summed E-state index contributed by atoms with van der Waals surface area (Å²) in [6, 6.07) is 4.39. The molecule has 4 heteroatoms. The predicted molar refractivity (Wildman–Crippen MR) is 60.0 cm³/mol. The Hall–Kier alpha value is -1.58. The van der Waals surface area contributed by atoms with Crippen molar-refractivity contribution in [3.8, 4) is 5.75 Å². The van der Waals surface area contributed by atoms with E-state index in [9.17, 15) is 9.18 Å². The van der Waals surface area contributed by atoms with Crippen LogP contribution >= 0.6 is 0 Å². The summed E-state index contributed by atoms with van der Waals surface area (Å²) < 4.78 is 18.2. The van der Waals surface area contributed by atoms with Gasteiger partial charge in [0.25, 0.3) is 0 Å². The third-order valence-electron chi connectivity index (χ3n) is 2.50. The van der Waals surface area contributed by atoms with Crippen LogP contribution in [0.1, 0.15) is 12.5 Å². The quantitative estimate of drug-likeness (QED) is 0.782.